The Kier molecular flexibility index (Phi) is 8.69. The van der Waals surface area contributed by atoms with Gasteiger partial charge in [-0.15, -0.1) is 0 Å². The Bertz CT molecular complexity index is 471. The fourth-order valence-corrected chi connectivity index (χ4v) is 2.12. The Balaban J connectivity index is 0.00000361. The van der Waals surface area contributed by atoms with Gasteiger partial charge < -0.3 is 9.64 Å². The third kappa shape index (κ3) is 4.89. The molecule has 0 aliphatic carbocycles. The van der Waals surface area contributed by atoms with E-state index in [4.69, 9.17) is 23.2 Å². The summed E-state index contributed by atoms with van der Waals surface area (Å²) in [5.41, 5.74) is 0.827. The lowest BCUT2D eigenvalue weighted by Crippen LogP contribution is -2.33. The number of carbonyl (C=O) groups excluding carboxylic acids is 2. The van der Waals surface area contributed by atoms with Gasteiger partial charge >= 0.3 is 5.97 Å². The summed E-state index contributed by atoms with van der Waals surface area (Å²) >= 11 is 11.8. The van der Waals surface area contributed by atoms with Gasteiger partial charge in [0.2, 0.25) is 6.41 Å². The SMILES string of the molecule is CC[C@@H](c1ccc(Cl)c(Cl)c1)N(C=O)CC(=O)OC.S. The lowest BCUT2D eigenvalue weighted by Gasteiger charge is -2.27. The fraction of sp³-hybridized carbons (Fsp3) is 0.385. The predicted molar refractivity (Wildman–Crippen MR) is 84.7 cm³/mol. The maximum atomic E-state index is 11.3. The van der Waals surface area contributed by atoms with Crippen molar-refractivity contribution in [1.29, 1.82) is 0 Å². The molecule has 0 heterocycles. The number of benzene rings is 1. The van der Waals surface area contributed by atoms with E-state index in [2.05, 4.69) is 4.74 Å². The second-order valence-corrected chi connectivity index (χ2v) is 4.77. The van der Waals surface area contributed by atoms with Crippen LogP contribution in [0.4, 0.5) is 0 Å². The highest BCUT2D eigenvalue weighted by Gasteiger charge is 2.20. The quantitative estimate of drug-likeness (QED) is 0.591. The van der Waals surface area contributed by atoms with Crippen molar-refractivity contribution in [1.82, 2.24) is 4.90 Å². The minimum atomic E-state index is -0.467. The van der Waals surface area contributed by atoms with Crippen molar-refractivity contribution in [2.75, 3.05) is 13.7 Å². The van der Waals surface area contributed by atoms with Gasteiger partial charge in [0.25, 0.3) is 0 Å². The van der Waals surface area contributed by atoms with E-state index >= 15 is 0 Å². The lowest BCUT2D eigenvalue weighted by atomic mass is 10.0. The number of carbonyl (C=O) groups is 2. The van der Waals surface area contributed by atoms with E-state index in [0.717, 1.165) is 5.56 Å². The highest BCUT2D eigenvalue weighted by atomic mass is 35.5. The summed E-state index contributed by atoms with van der Waals surface area (Å²) in [6.45, 7) is 1.82. The van der Waals surface area contributed by atoms with Crippen LogP contribution in [0.1, 0.15) is 24.9 Å². The predicted octanol–water partition coefficient (Wildman–Crippen LogP) is 3.19. The van der Waals surface area contributed by atoms with Gasteiger partial charge in [0.15, 0.2) is 0 Å². The molecule has 0 unspecified atom stereocenters. The van der Waals surface area contributed by atoms with Crippen LogP contribution < -0.4 is 0 Å². The molecule has 4 nitrogen and oxygen atoms in total. The summed E-state index contributed by atoms with van der Waals surface area (Å²) in [5, 5.41) is 0.868. The first-order valence-electron chi connectivity index (χ1n) is 5.76. The van der Waals surface area contributed by atoms with Crippen LogP contribution in [0.15, 0.2) is 18.2 Å². The van der Waals surface area contributed by atoms with Gasteiger partial charge in [-0.05, 0) is 24.1 Å². The number of ether oxygens (including phenoxy) is 1. The van der Waals surface area contributed by atoms with E-state index < -0.39 is 5.97 Å². The maximum absolute atomic E-state index is 11.3. The number of amides is 1. The van der Waals surface area contributed by atoms with Gasteiger partial charge in [0, 0.05) is 0 Å². The summed E-state index contributed by atoms with van der Waals surface area (Å²) < 4.78 is 4.57. The molecule has 7 heteroatoms. The lowest BCUT2D eigenvalue weighted by molar-refractivity contribution is -0.145. The molecule has 0 saturated carbocycles. The first-order chi connectivity index (χ1) is 9.03. The minimum absolute atomic E-state index is 0. The molecular weight excluding hydrogens is 321 g/mol. The van der Waals surface area contributed by atoms with Crippen molar-refractivity contribution in [3.63, 3.8) is 0 Å². The molecule has 0 N–H and O–H groups in total. The van der Waals surface area contributed by atoms with E-state index in [1.165, 1.54) is 12.0 Å². The largest absolute Gasteiger partial charge is 0.468 e. The molecule has 0 saturated heterocycles. The van der Waals surface area contributed by atoms with Crippen LogP contribution >= 0.6 is 36.7 Å². The Morgan fingerprint density at radius 1 is 1.40 bits per heavy atom. The summed E-state index contributed by atoms with van der Waals surface area (Å²) in [4.78, 5) is 23.8. The molecule has 0 aromatic heterocycles. The van der Waals surface area contributed by atoms with Crippen LogP contribution in [0.2, 0.25) is 10.0 Å². The van der Waals surface area contributed by atoms with Crippen molar-refractivity contribution in [2.24, 2.45) is 0 Å². The summed E-state index contributed by atoms with van der Waals surface area (Å²) in [6, 6.07) is 4.91. The monoisotopic (exact) mass is 337 g/mol. The van der Waals surface area contributed by atoms with Gasteiger partial charge in [-0.2, -0.15) is 13.5 Å². The molecule has 0 aliphatic heterocycles. The zero-order chi connectivity index (χ0) is 14.4. The van der Waals surface area contributed by atoms with Crippen LogP contribution in [0.5, 0.6) is 0 Å². The van der Waals surface area contributed by atoms with Crippen LogP contribution in [-0.4, -0.2) is 30.9 Å². The molecule has 1 rings (SSSR count). The molecule has 0 spiro atoms. The zero-order valence-corrected chi connectivity index (χ0v) is 13.7. The Labute approximate surface area is 135 Å². The summed E-state index contributed by atoms with van der Waals surface area (Å²) in [5.74, 6) is -0.467. The first-order valence-corrected chi connectivity index (χ1v) is 6.51. The Hall–Kier alpha value is -0.910. The molecule has 0 fully saturated rings. The number of nitrogens with zero attached hydrogens (tertiary/aromatic N) is 1. The van der Waals surface area contributed by atoms with Crippen LogP contribution in [0, 0.1) is 0 Å². The molecule has 20 heavy (non-hydrogen) atoms. The average Bonchev–Trinajstić information content (AvgIpc) is 2.41. The van der Waals surface area contributed by atoms with Crippen molar-refractivity contribution in [2.45, 2.75) is 19.4 Å². The van der Waals surface area contributed by atoms with Gasteiger partial charge in [-0.3, -0.25) is 9.59 Å². The maximum Gasteiger partial charge on any atom is 0.325 e. The summed E-state index contributed by atoms with van der Waals surface area (Å²) in [7, 11) is 1.28. The third-order valence-electron chi connectivity index (χ3n) is 2.79. The van der Waals surface area contributed by atoms with E-state index in [1.54, 1.807) is 18.2 Å². The standard InChI is InChI=1S/C13H15Cl2NO3.H2S/c1-3-12(16(8-17)7-13(18)19-2)9-4-5-10(14)11(15)6-9;/h4-6,8,12H,3,7H2,1-2H3;1H2/t12-;/m0./s1. The highest BCUT2D eigenvalue weighted by Crippen LogP contribution is 2.29. The van der Waals surface area contributed by atoms with E-state index in [-0.39, 0.29) is 26.1 Å². The van der Waals surface area contributed by atoms with Gasteiger partial charge in [-0.1, -0.05) is 36.2 Å². The number of halogens is 2. The molecule has 1 aromatic rings. The van der Waals surface area contributed by atoms with E-state index in [0.29, 0.717) is 22.9 Å². The van der Waals surface area contributed by atoms with E-state index in [1.807, 2.05) is 6.92 Å². The van der Waals surface area contributed by atoms with Crippen LogP contribution in [-0.2, 0) is 14.3 Å². The van der Waals surface area contributed by atoms with Gasteiger partial charge in [0.05, 0.1) is 23.2 Å². The van der Waals surface area contributed by atoms with Crippen molar-refractivity contribution in [3.05, 3.63) is 33.8 Å². The number of methoxy groups -OCH3 is 1. The number of rotatable bonds is 6. The summed E-state index contributed by atoms with van der Waals surface area (Å²) in [6.07, 6.45) is 1.28. The molecule has 0 bridgehead atoms. The van der Waals surface area contributed by atoms with E-state index in [9.17, 15) is 9.59 Å². The number of hydrogen-bond donors (Lipinski definition) is 0. The third-order valence-corrected chi connectivity index (χ3v) is 3.53. The van der Waals surface area contributed by atoms with Crippen molar-refractivity contribution in [3.8, 4) is 0 Å². The van der Waals surface area contributed by atoms with Crippen LogP contribution in [0.3, 0.4) is 0 Å². The first kappa shape index (κ1) is 19.1. The molecular formula is C13H17Cl2NO3S. The molecule has 112 valence electrons. The second kappa shape index (κ2) is 9.10. The topological polar surface area (TPSA) is 46.6 Å². The van der Waals surface area contributed by atoms with Crippen LogP contribution in [0.25, 0.3) is 0 Å². The smallest absolute Gasteiger partial charge is 0.325 e. The fourth-order valence-electron chi connectivity index (χ4n) is 1.82. The van der Waals surface area contributed by atoms with Gasteiger partial charge in [-0.25, -0.2) is 0 Å². The minimum Gasteiger partial charge on any atom is -0.468 e. The molecule has 1 aromatic carbocycles. The van der Waals surface area contributed by atoms with Crippen molar-refractivity contribution < 1.29 is 14.3 Å². The number of hydrogen-bond acceptors (Lipinski definition) is 3. The molecule has 1 atom stereocenters. The number of esters is 1. The Morgan fingerprint density at radius 3 is 2.50 bits per heavy atom. The second-order valence-electron chi connectivity index (χ2n) is 3.95. The molecule has 0 aliphatic rings. The highest BCUT2D eigenvalue weighted by molar-refractivity contribution is 7.59. The van der Waals surface area contributed by atoms with Gasteiger partial charge in [0.1, 0.15) is 6.54 Å². The Morgan fingerprint density at radius 2 is 2.05 bits per heavy atom. The molecule has 0 radical (unpaired) electrons. The normalized spacial score (nSPS) is 11.2. The molecule has 1 amide bonds. The van der Waals surface area contributed by atoms with Crippen molar-refractivity contribution >= 4 is 49.1 Å². The average molecular weight is 338 g/mol. The zero-order valence-electron chi connectivity index (χ0n) is 11.2.